The van der Waals surface area contributed by atoms with Crippen LogP contribution >= 0.6 is 0 Å². The molecule has 0 saturated carbocycles. The summed E-state index contributed by atoms with van der Waals surface area (Å²) in [5.74, 6) is -0.299. The summed E-state index contributed by atoms with van der Waals surface area (Å²) in [6.07, 6.45) is 2.22. The van der Waals surface area contributed by atoms with E-state index in [-0.39, 0.29) is 11.9 Å². The maximum atomic E-state index is 12.6. The van der Waals surface area contributed by atoms with Gasteiger partial charge in [-0.2, -0.15) is 0 Å². The summed E-state index contributed by atoms with van der Waals surface area (Å²) in [5.41, 5.74) is 0.859. The van der Waals surface area contributed by atoms with Gasteiger partial charge in [-0.3, -0.25) is 4.98 Å². The largest absolute Gasteiger partial charge is 0.382 e. The quantitative estimate of drug-likeness (QED) is 0.724. The zero-order valence-corrected chi connectivity index (χ0v) is 9.87. The molecule has 1 aromatic rings. The molecular weight excluding hydrogens is 207 g/mol. The van der Waals surface area contributed by atoms with Gasteiger partial charge in [0.25, 0.3) is 0 Å². The molecule has 16 heavy (non-hydrogen) atoms. The standard InChI is InChI=1S/C12H19FN2O/c1-3-16-8-4-7-14-10(2)12-6-5-11(13)9-15-12/h5-6,9-10,14H,3-4,7-8H2,1-2H3. The molecule has 1 unspecified atom stereocenters. The fourth-order valence-electron chi connectivity index (χ4n) is 1.39. The molecular formula is C12H19FN2O. The summed E-state index contributed by atoms with van der Waals surface area (Å²) in [4.78, 5) is 4.02. The highest BCUT2D eigenvalue weighted by molar-refractivity contribution is 5.08. The lowest BCUT2D eigenvalue weighted by molar-refractivity contribution is 0.144. The Kier molecular flexibility index (Phi) is 5.96. The van der Waals surface area contributed by atoms with Crippen molar-refractivity contribution in [3.05, 3.63) is 29.8 Å². The first kappa shape index (κ1) is 13.1. The Labute approximate surface area is 96.0 Å². The van der Waals surface area contributed by atoms with E-state index < -0.39 is 0 Å². The Bertz CT molecular complexity index is 290. The summed E-state index contributed by atoms with van der Waals surface area (Å²) in [6, 6.07) is 3.28. The van der Waals surface area contributed by atoms with E-state index in [9.17, 15) is 4.39 Å². The molecule has 1 rings (SSSR count). The third-order valence-electron chi connectivity index (χ3n) is 2.31. The zero-order chi connectivity index (χ0) is 11.8. The molecule has 0 aliphatic rings. The van der Waals surface area contributed by atoms with Crippen LogP contribution in [0.5, 0.6) is 0 Å². The van der Waals surface area contributed by atoms with E-state index in [2.05, 4.69) is 10.3 Å². The number of rotatable bonds is 7. The highest BCUT2D eigenvalue weighted by atomic mass is 19.1. The lowest BCUT2D eigenvalue weighted by Crippen LogP contribution is -2.21. The van der Waals surface area contributed by atoms with Gasteiger partial charge in [-0.15, -0.1) is 0 Å². The minimum Gasteiger partial charge on any atom is -0.382 e. The van der Waals surface area contributed by atoms with Crippen molar-refractivity contribution in [3.8, 4) is 0 Å². The molecule has 0 radical (unpaired) electrons. The molecule has 0 amide bonds. The van der Waals surface area contributed by atoms with Gasteiger partial charge in [0.05, 0.1) is 11.9 Å². The Hall–Kier alpha value is -1.00. The lowest BCUT2D eigenvalue weighted by atomic mass is 10.2. The molecule has 90 valence electrons. The van der Waals surface area contributed by atoms with Crippen LogP contribution in [0.4, 0.5) is 4.39 Å². The molecule has 1 atom stereocenters. The maximum absolute atomic E-state index is 12.6. The van der Waals surface area contributed by atoms with E-state index in [1.165, 1.54) is 12.3 Å². The molecule has 3 nitrogen and oxygen atoms in total. The Morgan fingerprint density at radius 3 is 2.94 bits per heavy atom. The molecule has 1 heterocycles. The van der Waals surface area contributed by atoms with Gasteiger partial charge in [0.1, 0.15) is 5.82 Å². The van der Waals surface area contributed by atoms with Gasteiger partial charge in [0, 0.05) is 19.3 Å². The van der Waals surface area contributed by atoms with Gasteiger partial charge in [-0.1, -0.05) is 0 Å². The van der Waals surface area contributed by atoms with Crippen molar-refractivity contribution in [1.82, 2.24) is 10.3 Å². The van der Waals surface area contributed by atoms with Gasteiger partial charge in [0.15, 0.2) is 0 Å². The van der Waals surface area contributed by atoms with Gasteiger partial charge in [-0.25, -0.2) is 4.39 Å². The fraction of sp³-hybridized carbons (Fsp3) is 0.583. The van der Waals surface area contributed by atoms with Crippen LogP contribution in [0.1, 0.15) is 32.0 Å². The Morgan fingerprint density at radius 2 is 2.31 bits per heavy atom. The van der Waals surface area contributed by atoms with Crippen LogP contribution in [0.25, 0.3) is 0 Å². The lowest BCUT2D eigenvalue weighted by Gasteiger charge is -2.12. The van der Waals surface area contributed by atoms with Crippen molar-refractivity contribution in [2.24, 2.45) is 0 Å². The number of aromatic nitrogens is 1. The average Bonchev–Trinajstić information content (AvgIpc) is 2.29. The fourth-order valence-corrected chi connectivity index (χ4v) is 1.39. The van der Waals surface area contributed by atoms with Gasteiger partial charge in [-0.05, 0) is 38.9 Å². The first-order valence-electron chi connectivity index (χ1n) is 5.66. The molecule has 0 bridgehead atoms. The first-order chi connectivity index (χ1) is 7.74. The summed E-state index contributed by atoms with van der Waals surface area (Å²) in [5, 5.41) is 3.31. The van der Waals surface area contributed by atoms with E-state index in [1.54, 1.807) is 6.07 Å². The summed E-state index contributed by atoms with van der Waals surface area (Å²) < 4.78 is 17.9. The van der Waals surface area contributed by atoms with Crippen molar-refractivity contribution in [1.29, 1.82) is 0 Å². The van der Waals surface area contributed by atoms with E-state index in [1.807, 2.05) is 13.8 Å². The third kappa shape index (κ3) is 4.68. The smallest absolute Gasteiger partial charge is 0.141 e. The summed E-state index contributed by atoms with van der Waals surface area (Å²) >= 11 is 0. The summed E-state index contributed by atoms with van der Waals surface area (Å²) in [6.45, 7) is 6.40. The van der Waals surface area contributed by atoms with Gasteiger partial charge >= 0.3 is 0 Å². The molecule has 0 aromatic carbocycles. The van der Waals surface area contributed by atoms with Crippen LogP contribution in [-0.2, 0) is 4.74 Å². The van der Waals surface area contributed by atoms with Crippen LogP contribution in [0.2, 0.25) is 0 Å². The second-order valence-electron chi connectivity index (χ2n) is 3.63. The monoisotopic (exact) mass is 226 g/mol. The Morgan fingerprint density at radius 1 is 1.50 bits per heavy atom. The first-order valence-corrected chi connectivity index (χ1v) is 5.66. The predicted octanol–water partition coefficient (Wildman–Crippen LogP) is 2.30. The number of hydrogen-bond donors (Lipinski definition) is 1. The van der Waals surface area contributed by atoms with Crippen LogP contribution in [0.3, 0.4) is 0 Å². The van der Waals surface area contributed by atoms with Crippen molar-refractivity contribution >= 4 is 0 Å². The van der Waals surface area contributed by atoms with E-state index in [4.69, 9.17) is 4.74 Å². The second-order valence-corrected chi connectivity index (χ2v) is 3.63. The molecule has 4 heteroatoms. The molecule has 0 fully saturated rings. The van der Waals surface area contributed by atoms with Crippen LogP contribution < -0.4 is 5.32 Å². The number of nitrogens with zero attached hydrogens (tertiary/aromatic N) is 1. The molecule has 0 aliphatic carbocycles. The molecule has 1 aromatic heterocycles. The zero-order valence-electron chi connectivity index (χ0n) is 9.87. The summed E-state index contributed by atoms with van der Waals surface area (Å²) in [7, 11) is 0. The van der Waals surface area contributed by atoms with Gasteiger partial charge < -0.3 is 10.1 Å². The normalized spacial score (nSPS) is 12.7. The molecule has 0 spiro atoms. The van der Waals surface area contributed by atoms with E-state index in [0.717, 1.165) is 31.9 Å². The molecule has 0 saturated heterocycles. The van der Waals surface area contributed by atoms with Crippen LogP contribution in [0, 0.1) is 5.82 Å². The number of pyridine rings is 1. The number of halogens is 1. The highest BCUT2D eigenvalue weighted by Gasteiger charge is 2.05. The third-order valence-corrected chi connectivity index (χ3v) is 2.31. The maximum Gasteiger partial charge on any atom is 0.141 e. The Balaban J connectivity index is 2.24. The topological polar surface area (TPSA) is 34.1 Å². The second kappa shape index (κ2) is 7.30. The molecule has 0 aliphatic heterocycles. The highest BCUT2D eigenvalue weighted by Crippen LogP contribution is 2.08. The van der Waals surface area contributed by atoms with Crippen LogP contribution in [-0.4, -0.2) is 24.7 Å². The van der Waals surface area contributed by atoms with Crippen molar-refractivity contribution in [2.75, 3.05) is 19.8 Å². The van der Waals surface area contributed by atoms with Crippen molar-refractivity contribution in [3.63, 3.8) is 0 Å². The predicted molar refractivity (Wildman–Crippen MR) is 61.7 cm³/mol. The van der Waals surface area contributed by atoms with Crippen LogP contribution in [0.15, 0.2) is 18.3 Å². The van der Waals surface area contributed by atoms with E-state index >= 15 is 0 Å². The molecule has 1 N–H and O–H groups in total. The minimum atomic E-state index is -0.299. The number of nitrogens with one attached hydrogen (secondary N) is 1. The SMILES string of the molecule is CCOCCCNC(C)c1ccc(F)cn1. The number of ether oxygens (including phenoxy) is 1. The number of hydrogen-bond acceptors (Lipinski definition) is 3. The van der Waals surface area contributed by atoms with Gasteiger partial charge in [0.2, 0.25) is 0 Å². The van der Waals surface area contributed by atoms with Crippen molar-refractivity contribution in [2.45, 2.75) is 26.3 Å². The van der Waals surface area contributed by atoms with E-state index in [0.29, 0.717) is 0 Å². The average molecular weight is 226 g/mol. The van der Waals surface area contributed by atoms with Crippen molar-refractivity contribution < 1.29 is 9.13 Å². The minimum absolute atomic E-state index is 0.141.